The van der Waals surface area contributed by atoms with Crippen molar-refractivity contribution in [2.75, 3.05) is 0 Å². The smallest absolute Gasteiger partial charge is 0.0991 e. The van der Waals surface area contributed by atoms with E-state index in [1.165, 1.54) is 10.9 Å². The number of rotatable bonds is 4. The summed E-state index contributed by atoms with van der Waals surface area (Å²) in [5, 5.41) is 11.3. The Kier molecular flexibility index (Phi) is 4.45. The minimum atomic E-state index is 0.701. The molecule has 0 unspecified atom stereocenters. The first kappa shape index (κ1) is 14.6. The highest BCUT2D eigenvalue weighted by Crippen LogP contribution is 2.26. The molecule has 0 fully saturated rings. The number of hydrogen-bond acceptors (Lipinski definition) is 1. The van der Waals surface area contributed by atoms with Crippen molar-refractivity contribution in [1.29, 1.82) is 5.26 Å². The minimum Gasteiger partial charge on any atom is -0.192 e. The van der Waals surface area contributed by atoms with E-state index in [0.29, 0.717) is 17.8 Å². The topological polar surface area (TPSA) is 23.8 Å². The summed E-state index contributed by atoms with van der Waals surface area (Å²) in [6.07, 6.45) is 1.13. The maximum absolute atomic E-state index is 8.94. The SMILES string of the molecule is CC(C)C(Cc1ccc2cc(C#N)ccc2c1)C(C)C. The lowest BCUT2D eigenvalue weighted by molar-refractivity contribution is 0.286. The molecular formula is C19H23N. The van der Waals surface area contributed by atoms with Crippen molar-refractivity contribution in [3.8, 4) is 6.07 Å². The van der Waals surface area contributed by atoms with E-state index in [1.807, 2.05) is 12.1 Å². The molecule has 0 spiro atoms. The molecule has 0 heterocycles. The quantitative estimate of drug-likeness (QED) is 0.747. The van der Waals surface area contributed by atoms with E-state index in [1.54, 1.807) is 0 Å². The normalized spacial score (nSPS) is 11.5. The summed E-state index contributed by atoms with van der Waals surface area (Å²) in [6.45, 7) is 9.24. The molecule has 0 saturated carbocycles. The van der Waals surface area contributed by atoms with Crippen LogP contribution in [0.5, 0.6) is 0 Å². The Morgan fingerprint density at radius 1 is 0.900 bits per heavy atom. The zero-order valence-electron chi connectivity index (χ0n) is 12.9. The summed E-state index contributed by atoms with van der Waals surface area (Å²) < 4.78 is 0. The third-order valence-electron chi connectivity index (χ3n) is 4.22. The van der Waals surface area contributed by atoms with Gasteiger partial charge in [0.05, 0.1) is 11.6 Å². The number of fused-ring (bicyclic) bond motifs is 1. The molecule has 0 radical (unpaired) electrons. The third kappa shape index (κ3) is 3.20. The Morgan fingerprint density at radius 3 is 2.10 bits per heavy atom. The predicted molar refractivity (Wildman–Crippen MR) is 85.5 cm³/mol. The van der Waals surface area contributed by atoms with E-state index in [9.17, 15) is 0 Å². The van der Waals surface area contributed by atoms with Crippen LogP contribution >= 0.6 is 0 Å². The zero-order chi connectivity index (χ0) is 14.7. The summed E-state index contributed by atoms with van der Waals surface area (Å²) in [5.41, 5.74) is 2.13. The first-order valence-corrected chi connectivity index (χ1v) is 7.44. The van der Waals surface area contributed by atoms with Crippen LogP contribution in [0.3, 0.4) is 0 Å². The highest BCUT2D eigenvalue weighted by atomic mass is 14.2. The van der Waals surface area contributed by atoms with Gasteiger partial charge in [0.25, 0.3) is 0 Å². The van der Waals surface area contributed by atoms with E-state index in [0.717, 1.165) is 17.4 Å². The maximum atomic E-state index is 8.94. The molecule has 0 N–H and O–H groups in total. The van der Waals surface area contributed by atoms with Crippen molar-refractivity contribution in [3.05, 3.63) is 47.5 Å². The average molecular weight is 265 g/mol. The Bertz CT molecular complexity index is 624. The summed E-state index contributed by atoms with van der Waals surface area (Å²) in [5.74, 6) is 2.11. The number of benzene rings is 2. The van der Waals surface area contributed by atoms with Gasteiger partial charge in [0, 0.05) is 0 Å². The monoisotopic (exact) mass is 265 g/mol. The van der Waals surface area contributed by atoms with Gasteiger partial charge >= 0.3 is 0 Å². The van der Waals surface area contributed by atoms with Crippen LogP contribution in [-0.4, -0.2) is 0 Å². The Labute approximate surface area is 122 Å². The zero-order valence-corrected chi connectivity index (χ0v) is 12.9. The van der Waals surface area contributed by atoms with Gasteiger partial charge < -0.3 is 0 Å². The highest BCUT2D eigenvalue weighted by molar-refractivity contribution is 5.84. The second kappa shape index (κ2) is 6.09. The van der Waals surface area contributed by atoms with Gasteiger partial charge in [-0.2, -0.15) is 5.26 Å². The van der Waals surface area contributed by atoms with Crippen LogP contribution in [0.2, 0.25) is 0 Å². The summed E-state index contributed by atoms with van der Waals surface area (Å²) in [6, 6.07) is 14.7. The molecule has 20 heavy (non-hydrogen) atoms. The molecule has 0 aliphatic heterocycles. The molecule has 2 aromatic rings. The second-order valence-corrected chi connectivity index (χ2v) is 6.36. The van der Waals surface area contributed by atoms with Crippen LogP contribution in [0.15, 0.2) is 36.4 Å². The first-order valence-electron chi connectivity index (χ1n) is 7.44. The van der Waals surface area contributed by atoms with Gasteiger partial charge in [0.1, 0.15) is 0 Å². The molecule has 2 rings (SSSR count). The van der Waals surface area contributed by atoms with Gasteiger partial charge in [-0.15, -0.1) is 0 Å². The van der Waals surface area contributed by atoms with E-state index in [4.69, 9.17) is 5.26 Å². The molecule has 0 aliphatic carbocycles. The fourth-order valence-corrected chi connectivity index (χ4v) is 3.01. The van der Waals surface area contributed by atoms with Crippen LogP contribution in [0.4, 0.5) is 0 Å². The number of nitrogens with zero attached hydrogens (tertiary/aromatic N) is 1. The summed E-state index contributed by atoms with van der Waals surface area (Å²) in [4.78, 5) is 0. The molecular weight excluding hydrogens is 242 g/mol. The molecule has 104 valence electrons. The third-order valence-corrected chi connectivity index (χ3v) is 4.22. The Balaban J connectivity index is 2.30. The summed E-state index contributed by atoms with van der Waals surface area (Å²) in [7, 11) is 0. The van der Waals surface area contributed by atoms with Gasteiger partial charge in [0.2, 0.25) is 0 Å². The minimum absolute atomic E-state index is 0.701. The van der Waals surface area contributed by atoms with Gasteiger partial charge in [0.15, 0.2) is 0 Å². The van der Waals surface area contributed by atoms with Crippen LogP contribution < -0.4 is 0 Å². The van der Waals surface area contributed by atoms with Gasteiger partial charge in [-0.3, -0.25) is 0 Å². The standard InChI is InChI=1S/C19H23N/c1-13(2)19(14(3)4)11-15-5-7-18-10-16(12-20)6-8-17(18)9-15/h5-10,13-14,19H,11H2,1-4H3. The molecule has 0 amide bonds. The lowest BCUT2D eigenvalue weighted by Gasteiger charge is -2.25. The fourth-order valence-electron chi connectivity index (χ4n) is 3.01. The van der Waals surface area contributed by atoms with Gasteiger partial charge in [-0.25, -0.2) is 0 Å². The predicted octanol–water partition coefficient (Wildman–Crippen LogP) is 5.18. The summed E-state index contributed by atoms with van der Waals surface area (Å²) >= 11 is 0. The van der Waals surface area contributed by atoms with Crippen LogP contribution in [0.1, 0.15) is 38.8 Å². The van der Waals surface area contributed by atoms with Crippen LogP contribution in [-0.2, 0) is 6.42 Å². The van der Waals surface area contributed by atoms with Gasteiger partial charge in [-0.05, 0) is 52.6 Å². The van der Waals surface area contributed by atoms with E-state index < -0.39 is 0 Å². The molecule has 1 heteroatoms. The second-order valence-electron chi connectivity index (χ2n) is 6.36. The Hall–Kier alpha value is -1.81. The van der Waals surface area contributed by atoms with Crippen molar-refractivity contribution < 1.29 is 0 Å². The molecule has 1 nitrogen and oxygen atoms in total. The number of nitriles is 1. The first-order chi connectivity index (χ1) is 9.51. The van der Waals surface area contributed by atoms with E-state index in [-0.39, 0.29) is 0 Å². The maximum Gasteiger partial charge on any atom is 0.0991 e. The van der Waals surface area contributed by atoms with E-state index in [2.05, 4.69) is 58.0 Å². The molecule has 0 atom stereocenters. The van der Waals surface area contributed by atoms with Crippen molar-refractivity contribution in [2.45, 2.75) is 34.1 Å². The van der Waals surface area contributed by atoms with Crippen molar-refractivity contribution in [3.63, 3.8) is 0 Å². The lowest BCUT2D eigenvalue weighted by atomic mass is 9.81. The van der Waals surface area contributed by atoms with E-state index >= 15 is 0 Å². The fraction of sp³-hybridized carbons (Fsp3) is 0.421. The van der Waals surface area contributed by atoms with Crippen molar-refractivity contribution in [2.24, 2.45) is 17.8 Å². The number of hydrogen-bond donors (Lipinski definition) is 0. The van der Waals surface area contributed by atoms with Crippen molar-refractivity contribution >= 4 is 10.8 Å². The largest absolute Gasteiger partial charge is 0.192 e. The van der Waals surface area contributed by atoms with Crippen molar-refractivity contribution in [1.82, 2.24) is 0 Å². The van der Waals surface area contributed by atoms with Crippen LogP contribution in [0.25, 0.3) is 10.8 Å². The molecule has 0 bridgehead atoms. The molecule has 2 aromatic carbocycles. The lowest BCUT2D eigenvalue weighted by Crippen LogP contribution is -2.18. The van der Waals surface area contributed by atoms with Gasteiger partial charge in [-0.1, -0.05) is 52.0 Å². The molecule has 0 saturated heterocycles. The molecule has 0 aromatic heterocycles. The molecule has 0 aliphatic rings. The Morgan fingerprint density at radius 2 is 1.50 bits per heavy atom. The van der Waals surface area contributed by atoms with Crippen LogP contribution in [0, 0.1) is 29.1 Å². The highest BCUT2D eigenvalue weighted by Gasteiger charge is 2.17. The average Bonchev–Trinajstić information content (AvgIpc) is 2.43.